The molecular weight excluding hydrogens is 342 g/mol. The number of hydrogen-bond acceptors (Lipinski definition) is 5. The summed E-state index contributed by atoms with van der Waals surface area (Å²) in [4.78, 5) is 25.4. The third kappa shape index (κ3) is 3.04. The Bertz CT molecular complexity index is 1130. The minimum absolute atomic E-state index is 0.0761. The van der Waals surface area contributed by atoms with Crippen molar-refractivity contribution in [3.8, 4) is 17.2 Å². The quantitative estimate of drug-likeness (QED) is 0.568. The fourth-order valence-corrected chi connectivity index (χ4v) is 3.15. The zero-order valence-corrected chi connectivity index (χ0v) is 15.2. The highest BCUT2D eigenvalue weighted by molar-refractivity contribution is 6.10. The van der Waals surface area contributed by atoms with Crippen molar-refractivity contribution >= 4 is 22.4 Å². The van der Waals surface area contributed by atoms with E-state index in [-0.39, 0.29) is 34.4 Å². The Morgan fingerprint density at radius 1 is 1.26 bits per heavy atom. The molecule has 0 atom stereocenters. The number of carbonyl (C=O) groups excluding carboxylic acids is 1. The Hall–Kier alpha value is -3.59. The minimum atomic E-state index is -0.534. The molecule has 2 aromatic carbocycles. The van der Waals surface area contributed by atoms with Gasteiger partial charge in [-0.1, -0.05) is 30.3 Å². The molecule has 2 N–H and O–H groups in total. The molecule has 1 aromatic heterocycles. The predicted octanol–water partition coefficient (Wildman–Crippen LogP) is 3.32. The van der Waals surface area contributed by atoms with Gasteiger partial charge >= 0.3 is 5.97 Å². The van der Waals surface area contributed by atoms with Crippen LogP contribution in [0.4, 0.5) is 5.69 Å². The summed E-state index contributed by atoms with van der Waals surface area (Å²) in [6.45, 7) is 4.08. The Labute approximate surface area is 156 Å². The summed E-state index contributed by atoms with van der Waals surface area (Å²) in [7, 11) is 0. The van der Waals surface area contributed by atoms with Crippen LogP contribution in [0.2, 0.25) is 0 Å². The van der Waals surface area contributed by atoms with Gasteiger partial charge in [-0.05, 0) is 25.5 Å². The Balaban J connectivity index is 2.49. The van der Waals surface area contributed by atoms with Gasteiger partial charge in [-0.3, -0.25) is 4.79 Å². The summed E-state index contributed by atoms with van der Waals surface area (Å²) in [5.74, 6) is -0.534. The van der Waals surface area contributed by atoms with E-state index in [4.69, 9.17) is 10.5 Å². The summed E-state index contributed by atoms with van der Waals surface area (Å²) in [6.07, 6.45) is 1.49. The molecule has 0 saturated carbocycles. The molecule has 6 nitrogen and oxygen atoms in total. The summed E-state index contributed by atoms with van der Waals surface area (Å²) in [5.41, 5.74) is 7.80. The number of carbonyl (C=O) groups is 1. The highest BCUT2D eigenvalue weighted by atomic mass is 16.5. The van der Waals surface area contributed by atoms with Crippen molar-refractivity contribution in [2.24, 2.45) is 0 Å². The number of aryl methyl sites for hydroxylation is 1. The first-order valence-corrected chi connectivity index (χ1v) is 8.65. The first-order valence-electron chi connectivity index (χ1n) is 8.65. The number of benzene rings is 2. The van der Waals surface area contributed by atoms with Crippen LogP contribution in [0.25, 0.3) is 21.9 Å². The molecule has 3 aromatic rings. The lowest BCUT2D eigenvalue weighted by atomic mass is 9.93. The van der Waals surface area contributed by atoms with E-state index in [1.807, 2.05) is 30.3 Å². The molecule has 0 aliphatic rings. The van der Waals surface area contributed by atoms with Crippen molar-refractivity contribution < 1.29 is 9.53 Å². The van der Waals surface area contributed by atoms with Crippen molar-refractivity contribution in [2.75, 3.05) is 12.3 Å². The molecule has 1 heterocycles. The number of nitriles is 1. The molecule has 0 bridgehead atoms. The number of nitrogens with zero attached hydrogens (tertiary/aromatic N) is 2. The standard InChI is InChI=1S/C21H19N3O3/c1-3-24-12-17(21(26)27-4-2)15-10-14(13-8-6-5-7-9-13)16(11-22)19(23)18(15)20(24)25/h5-10,12H,3-4,23H2,1-2H3. The molecule has 0 radical (unpaired) electrons. The van der Waals surface area contributed by atoms with Gasteiger partial charge in [0.05, 0.1) is 28.8 Å². The van der Waals surface area contributed by atoms with Gasteiger partial charge in [-0.15, -0.1) is 0 Å². The zero-order valence-electron chi connectivity index (χ0n) is 15.2. The van der Waals surface area contributed by atoms with E-state index in [1.54, 1.807) is 19.9 Å². The molecule has 27 heavy (non-hydrogen) atoms. The number of nitrogen functional groups attached to an aromatic ring is 1. The van der Waals surface area contributed by atoms with E-state index in [2.05, 4.69) is 6.07 Å². The van der Waals surface area contributed by atoms with Gasteiger partial charge in [0.25, 0.3) is 5.56 Å². The fraction of sp³-hybridized carbons (Fsp3) is 0.190. The van der Waals surface area contributed by atoms with Crippen LogP contribution in [0.15, 0.2) is 47.4 Å². The topological polar surface area (TPSA) is 98.1 Å². The van der Waals surface area contributed by atoms with Crippen molar-refractivity contribution in [2.45, 2.75) is 20.4 Å². The summed E-state index contributed by atoms with van der Waals surface area (Å²) >= 11 is 0. The van der Waals surface area contributed by atoms with Crippen LogP contribution in [-0.2, 0) is 11.3 Å². The van der Waals surface area contributed by atoms with Crippen LogP contribution >= 0.6 is 0 Å². The van der Waals surface area contributed by atoms with Gasteiger partial charge in [-0.25, -0.2) is 4.79 Å². The second-order valence-corrected chi connectivity index (χ2v) is 5.97. The molecular formula is C21H19N3O3. The number of aromatic nitrogens is 1. The lowest BCUT2D eigenvalue weighted by Crippen LogP contribution is -2.23. The van der Waals surface area contributed by atoms with E-state index in [0.29, 0.717) is 17.5 Å². The van der Waals surface area contributed by atoms with E-state index in [1.165, 1.54) is 10.8 Å². The van der Waals surface area contributed by atoms with E-state index in [0.717, 1.165) is 5.56 Å². The van der Waals surface area contributed by atoms with Gasteiger partial charge < -0.3 is 15.0 Å². The van der Waals surface area contributed by atoms with Crippen molar-refractivity contribution in [1.82, 2.24) is 4.57 Å². The zero-order chi connectivity index (χ0) is 19.6. The van der Waals surface area contributed by atoms with Crippen molar-refractivity contribution in [1.29, 1.82) is 5.26 Å². The third-order valence-corrected chi connectivity index (χ3v) is 4.45. The molecule has 0 unspecified atom stereocenters. The van der Waals surface area contributed by atoms with Gasteiger partial charge in [0.2, 0.25) is 0 Å². The van der Waals surface area contributed by atoms with Crippen molar-refractivity contribution in [3.63, 3.8) is 0 Å². The number of nitrogens with two attached hydrogens (primary N) is 1. The Morgan fingerprint density at radius 3 is 2.56 bits per heavy atom. The average molecular weight is 361 g/mol. The normalized spacial score (nSPS) is 10.6. The molecule has 3 rings (SSSR count). The van der Waals surface area contributed by atoms with Crippen LogP contribution in [-0.4, -0.2) is 17.1 Å². The van der Waals surface area contributed by atoms with Crippen LogP contribution in [0.3, 0.4) is 0 Å². The molecule has 0 amide bonds. The number of rotatable bonds is 4. The summed E-state index contributed by atoms with van der Waals surface area (Å²) in [5, 5.41) is 10.2. The first kappa shape index (κ1) is 18.2. The van der Waals surface area contributed by atoms with Gasteiger partial charge in [0.1, 0.15) is 6.07 Å². The predicted molar refractivity (Wildman–Crippen MR) is 104 cm³/mol. The van der Waals surface area contributed by atoms with Crippen LogP contribution in [0.1, 0.15) is 29.8 Å². The number of pyridine rings is 1. The fourth-order valence-electron chi connectivity index (χ4n) is 3.15. The third-order valence-electron chi connectivity index (χ3n) is 4.45. The van der Waals surface area contributed by atoms with Gasteiger partial charge in [0, 0.05) is 23.7 Å². The second kappa shape index (κ2) is 7.34. The maximum absolute atomic E-state index is 12.9. The van der Waals surface area contributed by atoms with E-state index in [9.17, 15) is 14.9 Å². The van der Waals surface area contributed by atoms with Gasteiger partial charge in [-0.2, -0.15) is 5.26 Å². The van der Waals surface area contributed by atoms with Crippen LogP contribution in [0, 0.1) is 11.3 Å². The Morgan fingerprint density at radius 2 is 1.96 bits per heavy atom. The molecule has 136 valence electrons. The number of esters is 1. The summed E-state index contributed by atoms with van der Waals surface area (Å²) < 4.78 is 6.55. The molecule has 6 heteroatoms. The van der Waals surface area contributed by atoms with Gasteiger partial charge in [0.15, 0.2) is 0 Å². The van der Waals surface area contributed by atoms with E-state index >= 15 is 0 Å². The largest absolute Gasteiger partial charge is 0.462 e. The average Bonchev–Trinajstić information content (AvgIpc) is 2.68. The first-order chi connectivity index (χ1) is 13.0. The smallest absolute Gasteiger partial charge is 0.340 e. The molecule has 0 aliphatic carbocycles. The lowest BCUT2D eigenvalue weighted by Gasteiger charge is -2.15. The number of anilines is 1. The van der Waals surface area contributed by atoms with Crippen LogP contribution in [0.5, 0.6) is 0 Å². The highest BCUT2D eigenvalue weighted by Gasteiger charge is 2.21. The SMILES string of the molecule is CCOC(=O)c1cn(CC)c(=O)c2c(N)c(C#N)c(-c3ccccc3)cc12. The second-order valence-electron chi connectivity index (χ2n) is 5.97. The Kier molecular flexibility index (Phi) is 4.95. The van der Waals surface area contributed by atoms with Crippen LogP contribution < -0.4 is 11.3 Å². The number of ether oxygens (including phenoxy) is 1. The van der Waals surface area contributed by atoms with Crippen molar-refractivity contribution in [3.05, 3.63) is 64.1 Å². The molecule has 0 fully saturated rings. The molecule has 0 saturated heterocycles. The maximum Gasteiger partial charge on any atom is 0.340 e. The molecule has 0 spiro atoms. The lowest BCUT2D eigenvalue weighted by molar-refractivity contribution is 0.0527. The van der Waals surface area contributed by atoms with E-state index < -0.39 is 5.97 Å². The molecule has 0 aliphatic heterocycles. The monoisotopic (exact) mass is 361 g/mol. The number of hydrogen-bond donors (Lipinski definition) is 1. The highest BCUT2D eigenvalue weighted by Crippen LogP contribution is 2.34. The number of fused-ring (bicyclic) bond motifs is 1. The maximum atomic E-state index is 12.9. The minimum Gasteiger partial charge on any atom is -0.462 e. The summed E-state index contributed by atoms with van der Waals surface area (Å²) in [6, 6.07) is 13.0.